The van der Waals surface area contributed by atoms with Crippen LogP contribution in [-0.4, -0.2) is 74.0 Å². The van der Waals surface area contributed by atoms with E-state index >= 15 is 0 Å². The maximum atomic E-state index is 11.9. The minimum absolute atomic E-state index is 0.331. The van der Waals surface area contributed by atoms with Crippen molar-refractivity contribution in [3.63, 3.8) is 0 Å². The molecule has 0 atom stereocenters. The van der Waals surface area contributed by atoms with E-state index in [0.29, 0.717) is 18.2 Å². The molecule has 18 heavy (non-hydrogen) atoms. The van der Waals surface area contributed by atoms with Gasteiger partial charge >= 0.3 is 0 Å². The van der Waals surface area contributed by atoms with E-state index in [1.54, 1.807) is 0 Å². The first-order valence-electron chi connectivity index (χ1n) is 7.14. The third kappa shape index (κ3) is 5.83. The summed E-state index contributed by atoms with van der Waals surface area (Å²) in [6, 6.07) is 0. The highest BCUT2D eigenvalue weighted by Gasteiger charge is 2.20. The van der Waals surface area contributed by atoms with Crippen LogP contribution in [0.4, 0.5) is 0 Å². The van der Waals surface area contributed by atoms with Crippen LogP contribution in [0.1, 0.15) is 26.7 Å². The van der Waals surface area contributed by atoms with Crippen molar-refractivity contribution in [3.8, 4) is 0 Å². The molecular weight excluding hydrogens is 226 g/mol. The Hall–Kier alpha value is -0.610. The summed E-state index contributed by atoms with van der Waals surface area (Å²) in [4.78, 5) is 18.6. The third-order valence-electron chi connectivity index (χ3n) is 3.39. The molecule has 0 aromatic carbocycles. The van der Waals surface area contributed by atoms with Crippen LogP contribution in [0.15, 0.2) is 0 Å². The fourth-order valence-corrected chi connectivity index (χ4v) is 2.31. The zero-order valence-electron chi connectivity index (χ0n) is 12.5. The minimum Gasteiger partial charge on any atom is -0.340 e. The molecule has 1 heterocycles. The quantitative estimate of drug-likeness (QED) is 0.712. The largest absolute Gasteiger partial charge is 0.340 e. The second-order valence-electron chi connectivity index (χ2n) is 5.98. The maximum absolute atomic E-state index is 11.9. The van der Waals surface area contributed by atoms with E-state index in [9.17, 15) is 4.79 Å². The molecule has 1 saturated heterocycles. The van der Waals surface area contributed by atoms with E-state index in [2.05, 4.69) is 37.7 Å². The lowest BCUT2D eigenvalue weighted by Gasteiger charge is -2.35. The lowest BCUT2D eigenvalue weighted by atomic mass is 10.1. The molecule has 0 aromatic heterocycles. The molecule has 0 radical (unpaired) electrons. The zero-order chi connectivity index (χ0) is 13.5. The van der Waals surface area contributed by atoms with Gasteiger partial charge in [0, 0.05) is 32.6 Å². The van der Waals surface area contributed by atoms with Gasteiger partial charge in [0.15, 0.2) is 0 Å². The second kappa shape index (κ2) is 7.74. The second-order valence-corrected chi connectivity index (χ2v) is 5.98. The summed E-state index contributed by atoms with van der Waals surface area (Å²) in [5, 5.41) is 0. The van der Waals surface area contributed by atoms with Crippen molar-refractivity contribution in [2.75, 3.05) is 53.4 Å². The molecule has 0 spiro atoms. The minimum atomic E-state index is 0.331. The highest BCUT2D eigenvalue weighted by molar-refractivity contribution is 5.76. The maximum Gasteiger partial charge on any atom is 0.222 e. The number of nitrogens with zero attached hydrogens (tertiary/aromatic N) is 3. The molecule has 0 unspecified atom stereocenters. The van der Waals surface area contributed by atoms with Gasteiger partial charge in [0.05, 0.1) is 0 Å². The van der Waals surface area contributed by atoms with Crippen molar-refractivity contribution >= 4 is 5.91 Å². The molecule has 0 N–H and O–H groups in total. The summed E-state index contributed by atoms with van der Waals surface area (Å²) in [7, 11) is 4.23. The Labute approximate surface area is 112 Å². The molecule has 0 aliphatic carbocycles. The Morgan fingerprint density at radius 2 is 1.78 bits per heavy atom. The molecule has 0 saturated carbocycles. The topological polar surface area (TPSA) is 26.8 Å². The summed E-state index contributed by atoms with van der Waals surface area (Å²) in [6.45, 7) is 10.4. The Morgan fingerprint density at radius 3 is 2.28 bits per heavy atom. The van der Waals surface area contributed by atoms with Crippen molar-refractivity contribution < 1.29 is 4.79 Å². The number of rotatable bonds is 6. The molecule has 1 fully saturated rings. The van der Waals surface area contributed by atoms with Gasteiger partial charge in [-0.3, -0.25) is 9.69 Å². The van der Waals surface area contributed by atoms with Gasteiger partial charge in [0.1, 0.15) is 0 Å². The fourth-order valence-electron chi connectivity index (χ4n) is 2.31. The van der Waals surface area contributed by atoms with Crippen LogP contribution >= 0.6 is 0 Å². The average Bonchev–Trinajstić information content (AvgIpc) is 2.28. The van der Waals surface area contributed by atoms with Crippen molar-refractivity contribution in [3.05, 3.63) is 0 Å². The van der Waals surface area contributed by atoms with E-state index in [4.69, 9.17) is 0 Å². The molecule has 0 bridgehead atoms. The fraction of sp³-hybridized carbons (Fsp3) is 0.929. The van der Waals surface area contributed by atoms with Gasteiger partial charge in [-0.15, -0.1) is 0 Å². The Morgan fingerprint density at radius 1 is 1.17 bits per heavy atom. The van der Waals surface area contributed by atoms with Gasteiger partial charge < -0.3 is 9.80 Å². The predicted molar refractivity (Wildman–Crippen MR) is 75.6 cm³/mol. The van der Waals surface area contributed by atoms with E-state index in [1.807, 2.05) is 4.90 Å². The van der Waals surface area contributed by atoms with Gasteiger partial charge in [-0.2, -0.15) is 0 Å². The van der Waals surface area contributed by atoms with Crippen LogP contribution in [0, 0.1) is 5.92 Å². The highest BCUT2D eigenvalue weighted by atomic mass is 16.2. The monoisotopic (exact) mass is 255 g/mol. The molecule has 1 amide bonds. The molecule has 1 aliphatic rings. The number of carbonyl (C=O) groups excluding carboxylic acids is 1. The van der Waals surface area contributed by atoms with Crippen LogP contribution in [0.3, 0.4) is 0 Å². The first-order chi connectivity index (χ1) is 8.49. The lowest BCUT2D eigenvalue weighted by Crippen LogP contribution is -2.49. The van der Waals surface area contributed by atoms with Gasteiger partial charge in [0.2, 0.25) is 5.91 Å². The highest BCUT2D eigenvalue weighted by Crippen LogP contribution is 2.08. The Balaban J connectivity index is 2.18. The first-order valence-corrected chi connectivity index (χ1v) is 7.14. The van der Waals surface area contributed by atoms with Crippen LogP contribution < -0.4 is 0 Å². The molecule has 1 aliphatic heterocycles. The smallest absolute Gasteiger partial charge is 0.222 e. The van der Waals surface area contributed by atoms with Crippen molar-refractivity contribution in [2.45, 2.75) is 26.7 Å². The molecule has 4 nitrogen and oxygen atoms in total. The molecular formula is C14H29N3O. The van der Waals surface area contributed by atoms with Crippen molar-refractivity contribution in [2.24, 2.45) is 5.92 Å². The zero-order valence-corrected chi connectivity index (χ0v) is 12.5. The van der Waals surface area contributed by atoms with E-state index in [1.165, 1.54) is 6.42 Å². The molecule has 4 heteroatoms. The van der Waals surface area contributed by atoms with E-state index in [0.717, 1.165) is 39.3 Å². The SMILES string of the molecule is CC(C)CC(=O)N1CCN(CCCN(C)C)CC1. The van der Waals surface area contributed by atoms with Crippen molar-refractivity contribution in [1.82, 2.24) is 14.7 Å². The lowest BCUT2D eigenvalue weighted by molar-refractivity contribution is -0.133. The summed E-state index contributed by atoms with van der Waals surface area (Å²) in [5.74, 6) is 0.800. The number of amides is 1. The summed E-state index contributed by atoms with van der Waals surface area (Å²) < 4.78 is 0. The number of carbonyl (C=O) groups is 1. The standard InChI is InChI=1S/C14H29N3O/c1-13(2)12-14(18)17-10-8-16(9-11-17)7-5-6-15(3)4/h13H,5-12H2,1-4H3. The third-order valence-corrected chi connectivity index (χ3v) is 3.39. The number of hydrogen-bond acceptors (Lipinski definition) is 3. The van der Waals surface area contributed by atoms with Gasteiger partial charge in [-0.1, -0.05) is 13.8 Å². The summed E-state index contributed by atoms with van der Waals surface area (Å²) in [6.07, 6.45) is 1.91. The summed E-state index contributed by atoms with van der Waals surface area (Å²) >= 11 is 0. The Kier molecular flexibility index (Phi) is 6.65. The van der Waals surface area contributed by atoms with Crippen LogP contribution in [0.2, 0.25) is 0 Å². The van der Waals surface area contributed by atoms with Crippen LogP contribution in [-0.2, 0) is 4.79 Å². The van der Waals surface area contributed by atoms with Crippen LogP contribution in [0.5, 0.6) is 0 Å². The van der Waals surface area contributed by atoms with Gasteiger partial charge in [0.25, 0.3) is 0 Å². The van der Waals surface area contributed by atoms with Gasteiger partial charge in [-0.25, -0.2) is 0 Å². The average molecular weight is 255 g/mol. The molecule has 106 valence electrons. The number of piperazine rings is 1. The number of hydrogen-bond donors (Lipinski definition) is 0. The van der Waals surface area contributed by atoms with Gasteiger partial charge in [-0.05, 0) is 39.5 Å². The normalized spacial score (nSPS) is 17.8. The van der Waals surface area contributed by atoms with Crippen LogP contribution in [0.25, 0.3) is 0 Å². The molecule has 1 rings (SSSR count). The Bertz CT molecular complexity index is 245. The predicted octanol–water partition coefficient (Wildman–Crippen LogP) is 1.13. The summed E-state index contributed by atoms with van der Waals surface area (Å²) in [5.41, 5.74) is 0. The van der Waals surface area contributed by atoms with E-state index in [-0.39, 0.29) is 0 Å². The van der Waals surface area contributed by atoms with E-state index < -0.39 is 0 Å². The van der Waals surface area contributed by atoms with Crippen molar-refractivity contribution in [1.29, 1.82) is 0 Å². The first kappa shape index (κ1) is 15.4. The molecule has 0 aromatic rings.